The molecule has 0 saturated heterocycles. The number of hydrogen-bond donors (Lipinski definition) is 2. The van der Waals surface area contributed by atoms with Gasteiger partial charge >= 0.3 is 6.18 Å². The summed E-state index contributed by atoms with van der Waals surface area (Å²) < 4.78 is 37.9. The monoisotopic (exact) mass is 222 g/mol. The van der Waals surface area contributed by atoms with E-state index in [9.17, 15) is 18.0 Å². The van der Waals surface area contributed by atoms with Crippen LogP contribution in [0.4, 0.5) is 13.2 Å². The zero-order valence-corrected chi connectivity index (χ0v) is 7.80. The molecule has 0 aliphatic carbocycles. The zero-order chi connectivity index (χ0) is 11.6. The lowest BCUT2D eigenvalue weighted by atomic mass is 10.3. The molecule has 84 valence electrons. The lowest BCUT2D eigenvalue weighted by Gasteiger charge is -2.06. The largest absolute Gasteiger partial charge is 0.433 e. The van der Waals surface area contributed by atoms with Gasteiger partial charge in [0.15, 0.2) is 5.69 Å². The van der Waals surface area contributed by atoms with Crippen molar-refractivity contribution in [1.82, 2.24) is 15.2 Å². The Hall–Kier alpha value is -1.57. The van der Waals surface area contributed by atoms with Crippen molar-refractivity contribution in [3.63, 3.8) is 0 Å². The SMILES string of the molecule is CCn1nc(C(=O)NN)cc1C(F)(F)F. The number of rotatable bonds is 2. The predicted octanol–water partition coefficient (Wildman–Crippen LogP) is 0.525. The number of nitrogen functional groups attached to an aromatic ring is 1. The molecule has 3 N–H and O–H groups in total. The molecule has 1 amide bonds. The normalized spacial score (nSPS) is 11.5. The second kappa shape index (κ2) is 3.89. The van der Waals surface area contributed by atoms with Crippen LogP contribution < -0.4 is 11.3 Å². The summed E-state index contributed by atoms with van der Waals surface area (Å²) >= 11 is 0. The Labute approximate surface area is 83.0 Å². The highest BCUT2D eigenvalue weighted by atomic mass is 19.4. The van der Waals surface area contributed by atoms with Gasteiger partial charge in [-0.25, -0.2) is 5.84 Å². The van der Waals surface area contributed by atoms with Crippen LogP contribution in [-0.4, -0.2) is 15.7 Å². The van der Waals surface area contributed by atoms with Gasteiger partial charge in [-0.1, -0.05) is 0 Å². The number of hydrazine groups is 1. The lowest BCUT2D eigenvalue weighted by Crippen LogP contribution is -2.30. The van der Waals surface area contributed by atoms with Gasteiger partial charge in [0.25, 0.3) is 5.91 Å². The van der Waals surface area contributed by atoms with Gasteiger partial charge in [-0.05, 0) is 6.92 Å². The molecule has 0 atom stereocenters. The minimum absolute atomic E-state index is 0.0205. The van der Waals surface area contributed by atoms with Crippen LogP contribution in [0.5, 0.6) is 0 Å². The maximum absolute atomic E-state index is 12.4. The Morgan fingerprint density at radius 3 is 2.60 bits per heavy atom. The first-order valence-corrected chi connectivity index (χ1v) is 4.06. The van der Waals surface area contributed by atoms with Crippen molar-refractivity contribution in [3.05, 3.63) is 17.5 Å². The van der Waals surface area contributed by atoms with E-state index >= 15 is 0 Å². The van der Waals surface area contributed by atoms with Crippen molar-refractivity contribution < 1.29 is 18.0 Å². The molecule has 5 nitrogen and oxygen atoms in total. The smallest absolute Gasteiger partial charge is 0.289 e. The number of nitrogens with two attached hydrogens (primary N) is 1. The topological polar surface area (TPSA) is 72.9 Å². The first kappa shape index (κ1) is 11.5. The van der Waals surface area contributed by atoms with Crippen LogP contribution in [0.15, 0.2) is 6.07 Å². The molecule has 0 saturated carbocycles. The molecular weight excluding hydrogens is 213 g/mol. The van der Waals surface area contributed by atoms with Gasteiger partial charge in [-0.2, -0.15) is 18.3 Å². The standard InChI is InChI=1S/C7H9F3N4O/c1-2-14-5(7(8,9)10)3-4(13-14)6(15)12-11/h3H,2,11H2,1H3,(H,12,15). The van der Waals surface area contributed by atoms with Gasteiger partial charge in [-0.3, -0.25) is 14.9 Å². The summed E-state index contributed by atoms with van der Waals surface area (Å²) in [4.78, 5) is 10.9. The third-order valence-electron chi connectivity index (χ3n) is 1.73. The second-order valence-corrected chi connectivity index (χ2v) is 2.70. The molecule has 1 aromatic heterocycles. The van der Waals surface area contributed by atoms with Crippen molar-refractivity contribution in [1.29, 1.82) is 0 Å². The van der Waals surface area contributed by atoms with Crippen LogP contribution in [0.3, 0.4) is 0 Å². The Balaban J connectivity index is 3.17. The number of aryl methyl sites for hydroxylation is 1. The van der Waals surface area contributed by atoms with Gasteiger partial charge < -0.3 is 0 Å². The Bertz CT molecular complexity index is 371. The summed E-state index contributed by atoms with van der Waals surface area (Å²) in [5.74, 6) is 3.93. The average molecular weight is 222 g/mol. The van der Waals surface area contributed by atoms with Crippen LogP contribution in [0.25, 0.3) is 0 Å². The van der Waals surface area contributed by atoms with E-state index in [1.54, 1.807) is 5.43 Å². The van der Waals surface area contributed by atoms with Gasteiger partial charge in [0.2, 0.25) is 0 Å². The molecule has 0 radical (unpaired) electrons. The predicted molar refractivity (Wildman–Crippen MR) is 44.6 cm³/mol. The average Bonchev–Trinajstić information content (AvgIpc) is 2.59. The van der Waals surface area contributed by atoms with Crippen molar-refractivity contribution in [2.24, 2.45) is 5.84 Å². The lowest BCUT2D eigenvalue weighted by molar-refractivity contribution is -0.144. The number of aromatic nitrogens is 2. The quantitative estimate of drug-likeness (QED) is 0.435. The molecule has 1 rings (SSSR count). The number of carbonyl (C=O) groups is 1. The fraction of sp³-hybridized carbons (Fsp3) is 0.429. The van der Waals surface area contributed by atoms with Crippen LogP contribution in [0.1, 0.15) is 23.1 Å². The highest BCUT2D eigenvalue weighted by Crippen LogP contribution is 2.29. The van der Waals surface area contributed by atoms with Crippen molar-refractivity contribution in [2.45, 2.75) is 19.6 Å². The summed E-state index contributed by atoms with van der Waals surface area (Å²) in [6.07, 6.45) is -4.53. The van der Waals surface area contributed by atoms with E-state index in [1.165, 1.54) is 6.92 Å². The Kier molecular flexibility index (Phi) is 2.98. The first-order chi connectivity index (χ1) is 6.90. The summed E-state index contributed by atoms with van der Waals surface area (Å²) in [6, 6.07) is 0.658. The fourth-order valence-electron chi connectivity index (χ4n) is 1.07. The fourth-order valence-corrected chi connectivity index (χ4v) is 1.07. The van der Waals surface area contributed by atoms with E-state index in [-0.39, 0.29) is 12.2 Å². The zero-order valence-electron chi connectivity index (χ0n) is 7.80. The molecule has 0 aliphatic heterocycles. The van der Waals surface area contributed by atoms with Crippen molar-refractivity contribution in [2.75, 3.05) is 0 Å². The number of halogens is 3. The van der Waals surface area contributed by atoms with Crippen LogP contribution in [-0.2, 0) is 12.7 Å². The number of nitrogens with zero attached hydrogens (tertiary/aromatic N) is 2. The molecule has 0 spiro atoms. The van der Waals surface area contributed by atoms with E-state index < -0.39 is 17.8 Å². The van der Waals surface area contributed by atoms with E-state index in [1.807, 2.05) is 0 Å². The number of carbonyl (C=O) groups excluding carboxylic acids is 1. The number of amides is 1. The summed E-state index contributed by atoms with van der Waals surface area (Å²) in [5, 5.41) is 3.47. The molecule has 0 fully saturated rings. The number of alkyl halides is 3. The molecule has 0 bridgehead atoms. The van der Waals surface area contributed by atoms with Crippen molar-refractivity contribution >= 4 is 5.91 Å². The summed E-state index contributed by atoms with van der Waals surface area (Å²) in [7, 11) is 0. The molecule has 0 aromatic carbocycles. The second-order valence-electron chi connectivity index (χ2n) is 2.70. The molecule has 1 aromatic rings. The van der Waals surface area contributed by atoms with Crippen LogP contribution in [0.2, 0.25) is 0 Å². The maximum Gasteiger partial charge on any atom is 0.433 e. The number of nitrogens with one attached hydrogen (secondary N) is 1. The first-order valence-electron chi connectivity index (χ1n) is 4.06. The van der Waals surface area contributed by atoms with Crippen LogP contribution in [0, 0.1) is 0 Å². The maximum atomic E-state index is 12.4. The third kappa shape index (κ3) is 2.27. The van der Waals surface area contributed by atoms with Gasteiger partial charge in [0.1, 0.15) is 5.69 Å². The molecule has 8 heteroatoms. The highest BCUT2D eigenvalue weighted by Gasteiger charge is 2.36. The molecular formula is C7H9F3N4O. The third-order valence-corrected chi connectivity index (χ3v) is 1.73. The van der Waals surface area contributed by atoms with Gasteiger partial charge in [0, 0.05) is 12.6 Å². The summed E-state index contributed by atoms with van der Waals surface area (Å²) in [5.41, 5.74) is 0.391. The molecule has 0 aliphatic rings. The van der Waals surface area contributed by atoms with Crippen molar-refractivity contribution in [3.8, 4) is 0 Å². The Morgan fingerprint density at radius 2 is 2.27 bits per heavy atom. The Morgan fingerprint density at radius 1 is 1.67 bits per heavy atom. The van der Waals surface area contributed by atoms with E-state index in [0.29, 0.717) is 10.7 Å². The number of hydrogen-bond acceptors (Lipinski definition) is 3. The van der Waals surface area contributed by atoms with Gasteiger partial charge in [0.05, 0.1) is 0 Å². The van der Waals surface area contributed by atoms with Gasteiger partial charge in [-0.15, -0.1) is 0 Å². The van der Waals surface area contributed by atoms with E-state index in [4.69, 9.17) is 5.84 Å². The summed E-state index contributed by atoms with van der Waals surface area (Å²) in [6.45, 7) is 1.51. The van der Waals surface area contributed by atoms with E-state index in [0.717, 1.165) is 0 Å². The minimum atomic E-state index is -4.53. The highest BCUT2D eigenvalue weighted by molar-refractivity contribution is 5.91. The minimum Gasteiger partial charge on any atom is -0.289 e. The van der Waals surface area contributed by atoms with E-state index in [2.05, 4.69) is 5.10 Å². The van der Waals surface area contributed by atoms with Crippen LogP contribution >= 0.6 is 0 Å². The molecule has 15 heavy (non-hydrogen) atoms. The molecule has 1 heterocycles. The molecule has 0 unspecified atom stereocenters.